The summed E-state index contributed by atoms with van der Waals surface area (Å²) in [5.74, 6) is -0.117. The van der Waals surface area contributed by atoms with Crippen LogP contribution in [-0.4, -0.2) is 35.5 Å². The maximum absolute atomic E-state index is 11.4. The first-order valence-corrected chi connectivity index (χ1v) is 7.11. The van der Waals surface area contributed by atoms with Crippen LogP contribution in [-0.2, 0) is 11.2 Å². The van der Waals surface area contributed by atoms with Gasteiger partial charge in [-0.3, -0.25) is 4.79 Å². The molecule has 1 amide bonds. The number of aromatic carboxylic acids is 1. The molecule has 0 spiro atoms. The third-order valence-electron chi connectivity index (χ3n) is 2.50. The standard InChI is InChI=1S/C13H17NO3S/c1-18-9-7-12(15)14-8-6-10-4-2-3-5-11(10)13(16)17/h2-5H,6-9H2,1H3,(H,14,15)(H,16,17). The fourth-order valence-corrected chi connectivity index (χ4v) is 1.96. The van der Waals surface area contributed by atoms with Gasteiger partial charge in [-0.2, -0.15) is 11.8 Å². The molecule has 0 saturated carbocycles. The molecule has 0 unspecified atom stereocenters. The van der Waals surface area contributed by atoms with Crippen LogP contribution >= 0.6 is 11.8 Å². The molecule has 0 bridgehead atoms. The Morgan fingerprint density at radius 3 is 2.72 bits per heavy atom. The molecule has 4 nitrogen and oxygen atoms in total. The summed E-state index contributed by atoms with van der Waals surface area (Å²) in [5.41, 5.74) is 1.05. The molecule has 0 saturated heterocycles. The molecule has 0 aliphatic heterocycles. The Morgan fingerprint density at radius 1 is 1.33 bits per heavy atom. The maximum Gasteiger partial charge on any atom is 0.335 e. The number of carbonyl (C=O) groups excluding carboxylic acids is 1. The van der Waals surface area contributed by atoms with Gasteiger partial charge in [0.05, 0.1) is 5.56 Å². The highest BCUT2D eigenvalue weighted by molar-refractivity contribution is 7.98. The molecular weight excluding hydrogens is 250 g/mol. The minimum Gasteiger partial charge on any atom is -0.478 e. The second kappa shape index (κ2) is 7.76. The van der Waals surface area contributed by atoms with Crippen LogP contribution in [0.25, 0.3) is 0 Å². The van der Waals surface area contributed by atoms with E-state index in [1.54, 1.807) is 36.0 Å². The molecular formula is C13H17NO3S. The van der Waals surface area contributed by atoms with Gasteiger partial charge in [-0.25, -0.2) is 4.79 Å². The lowest BCUT2D eigenvalue weighted by molar-refractivity contribution is -0.120. The molecule has 0 aromatic heterocycles. The number of carboxylic acids is 1. The first-order valence-electron chi connectivity index (χ1n) is 5.72. The summed E-state index contributed by atoms with van der Waals surface area (Å²) in [7, 11) is 0. The molecule has 1 aromatic carbocycles. The van der Waals surface area contributed by atoms with Crippen molar-refractivity contribution in [1.29, 1.82) is 0 Å². The Kier molecular flexibility index (Phi) is 6.28. The minimum absolute atomic E-state index is 0.0113. The highest BCUT2D eigenvalue weighted by Crippen LogP contribution is 2.09. The van der Waals surface area contributed by atoms with Crippen molar-refractivity contribution in [3.05, 3.63) is 35.4 Å². The third kappa shape index (κ3) is 4.79. The number of hydrogen-bond donors (Lipinski definition) is 2. The molecule has 0 aliphatic carbocycles. The minimum atomic E-state index is -0.931. The summed E-state index contributed by atoms with van der Waals surface area (Å²) in [6.07, 6.45) is 2.99. The SMILES string of the molecule is CSCCC(=O)NCCc1ccccc1C(=O)O. The average Bonchev–Trinajstić information content (AvgIpc) is 2.36. The van der Waals surface area contributed by atoms with E-state index in [1.807, 2.05) is 6.26 Å². The van der Waals surface area contributed by atoms with Gasteiger partial charge in [0, 0.05) is 18.7 Å². The van der Waals surface area contributed by atoms with Crippen LogP contribution in [0.1, 0.15) is 22.3 Å². The van der Waals surface area contributed by atoms with Gasteiger partial charge in [-0.15, -0.1) is 0 Å². The smallest absolute Gasteiger partial charge is 0.335 e. The van der Waals surface area contributed by atoms with Crippen LogP contribution < -0.4 is 5.32 Å². The lowest BCUT2D eigenvalue weighted by Gasteiger charge is -2.07. The largest absolute Gasteiger partial charge is 0.478 e. The topological polar surface area (TPSA) is 66.4 Å². The van der Waals surface area contributed by atoms with Crippen molar-refractivity contribution in [2.75, 3.05) is 18.6 Å². The second-order valence-electron chi connectivity index (χ2n) is 3.81. The zero-order valence-electron chi connectivity index (χ0n) is 10.3. The number of amides is 1. The van der Waals surface area contributed by atoms with Crippen molar-refractivity contribution >= 4 is 23.6 Å². The summed E-state index contributed by atoms with van der Waals surface area (Å²) in [4.78, 5) is 22.3. The van der Waals surface area contributed by atoms with Crippen molar-refractivity contribution < 1.29 is 14.7 Å². The van der Waals surface area contributed by atoms with Gasteiger partial charge in [0.2, 0.25) is 5.91 Å². The molecule has 0 fully saturated rings. The molecule has 0 radical (unpaired) electrons. The second-order valence-corrected chi connectivity index (χ2v) is 4.79. The number of carboxylic acid groups (broad SMARTS) is 1. The van der Waals surface area contributed by atoms with Gasteiger partial charge in [-0.1, -0.05) is 18.2 Å². The summed E-state index contributed by atoms with van der Waals surface area (Å²) in [6.45, 7) is 0.470. The van der Waals surface area contributed by atoms with Crippen molar-refractivity contribution in [2.24, 2.45) is 0 Å². The molecule has 0 heterocycles. The van der Waals surface area contributed by atoms with Gasteiger partial charge in [0.15, 0.2) is 0 Å². The van der Waals surface area contributed by atoms with E-state index in [4.69, 9.17) is 5.11 Å². The van der Waals surface area contributed by atoms with Gasteiger partial charge >= 0.3 is 5.97 Å². The van der Waals surface area contributed by atoms with E-state index in [9.17, 15) is 9.59 Å². The van der Waals surface area contributed by atoms with Crippen LogP contribution in [0.5, 0.6) is 0 Å². The van der Waals surface area contributed by atoms with Crippen molar-refractivity contribution in [3.63, 3.8) is 0 Å². The number of carbonyl (C=O) groups is 2. The summed E-state index contributed by atoms with van der Waals surface area (Å²) in [5, 5.41) is 11.8. The molecule has 98 valence electrons. The molecule has 0 aliphatic rings. The lowest BCUT2D eigenvalue weighted by Crippen LogP contribution is -2.26. The highest BCUT2D eigenvalue weighted by atomic mass is 32.2. The number of nitrogens with one attached hydrogen (secondary N) is 1. The van der Waals surface area contributed by atoms with Crippen molar-refractivity contribution in [1.82, 2.24) is 5.32 Å². The lowest BCUT2D eigenvalue weighted by atomic mass is 10.0. The molecule has 18 heavy (non-hydrogen) atoms. The summed E-state index contributed by atoms with van der Waals surface area (Å²) >= 11 is 1.63. The summed E-state index contributed by atoms with van der Waals surface area (Å²) in [6, 6.07) is 6.85. The average molecular weight is 267 g/mol. The van der Waals surface area contributed by atoms with Crippen LogP contribution in [0.15, 0.2) is 24.3 Å². The predicted molar refractivity (Wildman–Crippen MR) is 73.1 cm³/mol. The van der Waals surface area contributed by atoms with E-state index in [-0.39, 0.29) is 5.91 Å². The number of thioether (sulfide) groups is 1. The van der Waals surface area contributed by atoms with Gasteiger partial charge in [0.25, 0.3) is 0 Å². The van der Waals surface area contributed by atoms with Crippen LogP contribution in [0.2, 0.25) is 0 Å². The predicted octanol–water partition coefficient (Wildman–Crippen LogP) is 1.80. The number of hydrogen-bond acceptors (Lipinski definition) is 3. The number of rotatable bonds is 7. The van der Waals surface area contributed by atoms with E-state index in [1.165, 1.54) is 0 Å². The molecule has 0 atom stereocenters. The first-order chi connectivity index (χ1) is 8.65. The van der Waals surface area contributed by atoms with E-state index >= 15 is 0 Å². The van der Waals surface area contributed by atoms with Crippen LogP contribution in [0.3, 0.4) is 0 Å². The molecule has 1 aromatic rings. The Balaban J connectivity index is 2.44. The summed E-state index contributed by atoms with van der Waals surface area (Å²) < 4.78 is 0. The third-order valence-corrected chi connectivity index (χ3v) is 3.11. The van der Waals surface area contributed by atoms with Crippen LogP contribution in [0.4, 0.5) is 0 Å². The van der Waals surface area contributed by atoms with Gasteiger partial charge < -0.3 is 10.4 Å². The normalized spacial score (nSPS) is 10.1. The highest BCUT2D eigenvalue weighted by Gasteiger charge is 2.08. The fourth-order valence-electron chi connectivity index (χ4n) is 1.57. The van der Waals surface area contributed by atoms with E-state index in [0.29, 0.717) is 24.9 Å². The Morgan fingerprint density at radius 2 is 2.06 bits per heavy atom. The van der Waals surface area contributed by atoms with Gasteiger partial charge in [0.1, 0.15) is 0 Å². The zero-order chi connectivity index (χ0) is 13.4. The van der Waals surface area contributed by atoms with E-state index in [2.05, 4.69) is 5.32 Å². The van der Waals surface area contributed by atoms with Crippen molar-refractivity contribution in [2.45, 2.75) is 12.8 Å². The number of benzene rings is 1. The zero-order valence-corrected chi connectivity index (χ0v) is 11.1. The van der Waals surface area contributed by atoms with Crippen LogP contribution in [0, 0.1) is 0 Å². The van der Waals surface area contributed by atoms with Gasteiger partial charge in [-0.05, 0) is 24.3 Å². The van der Waals surface area contributed by atoms with E-state index < -0.39 is 5.97 Å². The Labute approximate surface area is 111 Å². The molecule has 2 N–H and O–H groups in total. The molecule has 1 rings (SSSR count). The van der Waals surface area contributed by atoms with E-state index in [0.717, 1.165) is 11.3 Å². The monoisotopic (exact) mass is 267 g/mol. The maximum atomic E-state index is 11.4. The van der Waals surface area contributed by atoms with Crippen molar-refractivity contribution in [3.8, 4) is 0 Å². The Bertz CT molecular complexity index is 420. The first kappa shape index (κ1) is 14.6. The quantitative estimate of drug-likeness (QED) is 0.790. The Hall–Kier alpha value is -1.49. The fraction of sp³-hybridized carbons (Fsp3) is 0.385. The molecule has 5 heteroatoms.